The van der Waals surface area contributed by atoms with Gasteiger partial charge in [0.25, 0.3) is 0 Å². The molecule has 0 aliphatic rings. The van der Waals surface area contributed by atoms with Crippen LogP contribution in [0.5, 0.6) is 0 Å². The van der Waals surface area contributed by atoms with Gasteiger partial charge in [-0.25, -0.2) is 0 Å². The topological polar surface area (TPSA) is 0 Å². The zero-order chi connectivity index (χ0) is 30.8. The van der Waals surface area contributed by atoms with Crippen LogP contribution in [0.1, 0.15) is 153 Å². The molecule has 2 heterocycles. The van der Waals surface area contributed by atoms with Crippen molar-refractivity contribution in [1.82, 2.24) is 0 Å². The summed E-state index contributed by atoms with van der Waals surface area (Å²) >= 11 is 0.214. The molecule has 0 bridgehead atoms. The van der Waals surface area contributed by atoms with Gasteiger partial charge >= 0.3 is 243 Å². The molecule has 0 aliphatic carbocycles. The first-order valence-electron chi connectivity index (χ1n) is 18.3. The van der Waals surface area contributed by atoms with E-state index in [1.165, 1.54) is 141 Å². The summed E-state index contributed by atoms with van der Waals surface area (Å²) in [6.45, 7) is 4.63. The van der Waals surface area contributed by atoms with Gasteiger partial charge < -0.3 is 0 Å². The van der Waals surface area contributed by atoms with Crippen LogP contribution in [0, 0.1) is 0 Å². The molecule has 0 fully saturated rings. The van der Waals surface area contributed by atoms with Crippen LogP contribution in [0.3, 0.4) is 0 Å². The van der Waals surface area contributed by atoms with E-state index >= 15 is 0 Å². The Balaban J connectivity index is 2.01. The van der Waals surface area contributed by atoms with Crippen LogP contribution in [0.4, 0.5) is 0 Å². The van der Waals surface area contributed by atoms with Crippen molar-refractivity contribution < 1.29 is 0 Å². The summed E-state index contributed by atoms with van der Waals surface area (Å²) in [5.41, 5.74) is 3.42. The first kappa shape index (κ1) is 39.2. The maximum atomic E-state index is 2.70. The summed E-state index contributed by atoms with van der Waals surface area (Å²) in [5.74, 6) is 0. The molecule has 0 atom stereocenters. The van der Waals surface area contributed by atoms with E-state index in [9.17, 15) is 0 Å². The van der Waals surface area contributed by atoms with Gasteiger partial charge in [0.1, 0.15) is 0 Å². The Morgan fingerprint density at radius 1 is 0.405 bits per heavy atom. The van der Waals surface area contributed by atoms with Crippen molar-refractivity contribution in [3.05, 3.63) is 23.3 Å². The minimum atomic E-state index is -2.12. The standard InChI is InChI=1S/C32H52S2.6CH3.2Sn/c1-3-5-7-9-11-13-15-17-19-21-23-29-25-27-33-31(29)32-30(26-28-34-32)24-22-20-18-16-14-12-10-8-6-4-2;;;;;;;;/h25-26H,3-24H2,1-2H3;6*1H3;;. The Labute approximate surface area is 280 Å². The van der Waals surface area contributed by atoms with Crippen molar-refractivity contribution in [1.29, 1.82) is 0 Å². The molecule has 0 saturated heterocycles. The fourth-order valence-electron chi connectivity index (χ4n) is 5.96. The van der Waals surface area contributed by atoms with E-state index < -0.39 is 36.8 Å². The Hall–Kier alpha value is 0.997. The first-order chi connectivity index (χ1) is 20.1. The summed E-state index contributed by atoms with van der Waals surface area (Å²) in [6, 6.07) is 5.40. The van der Waals surface area contributed by atoms with Crippen molar-refractivity contribution >= 4 is 65.2 Å². The minimum absolute atomic E-state index is 1.30. The molecule has 2 aromatic heterocycles. The smallest absolute Gasteiger partial charge is 0.0654 e. The molecule has 0 saturated carbocycles. The second-order valence-corrected chi connectivity index (χ2v) is 48.2. The number of unbranched alkanes of at least 4 members (excludes halogenated alkanes) is 18. The van der Waals surface area contributed by atoms with Crippen molar-refractivity contribution in [3.63, 3.8) is 0 Å². The van der Waals surface area contributed by atoms with Crippen LogP contribution >= 0.6 is 22.7 Å². The van der Waals surface area contributed by atoms with E-state index in [4.69, 9.17) is 0 Å². The van der Waals surface area contributed by atoms with Crippen molar-refractivity contribution in [3.8, 4) is 9.75 Å². The number of aryl methyl sites for hydroxylation is 2. The van der Waals surface area contributed by atoms with Crippen LogP contribution in [0.25, 0.3) is 9.75 Å². The Morgan fingerprint density at radius 3 is 0.929 bits per heavy atom. The molecule has 0 aromatic carbocycles. The van der Waals surface area contributed by atoms with Crippen LogP contribution in [-0.2, 0) is 12.8 Å². The predicted octanol–water partition coefficient (Wildman–Crippen LogP) is 13.5. The molecule has 0 nitrogen and oxygen atoms in total. The van der Waals surface area contributed by atoms with Gasteiger partial charge in [0.2, 0.25) is 0 Å². The van der Waals surface area contributed by atoms with E-state index in [0.29, 0.717) is 0 Å². The van der Waals surface area contributed by atoms with Crippen molar-refractivity contribution in [2.75, 3.05) is 0 Å². The number of thiophene rings is 2. The molecule has 0 radical (unpaired) electrons. The van der Waals surface area contributed by atoms with Gasteiger partial charge in [0, 0.05) is 0 Å². The van der Waals surface area contributed by atoms with Gasteiger partial charge in [-0.3, -0.25) is 0 Å². The third-order valence-electron chi connectivity index (χ3n) is 8.90. The summed E-state index contributed by atoms with van der Waals surface area (Å²) < 4.78 is 3.58. The zero-order valence-corrected chi connectivity index (χ0v) is 36.9. The van der Waals surface area contributed by atoms with E-state index in [-0.39, 0.29) is 0 Å². The molecular formula is C38H70S2Sn2. The van der Waals surface area contributed by atoms with Gasteiger partial charge in [0.05, 0.1) is 0 Å². The van der Waals surface area contributed by atoms with Gasteiger partial charge in [0.15, 0.2) is 0 Å². The van der Waals surface area contributed by atoms with Crippen LogP contribution in [0.15, 0.2) is 12.1 Å². The number of rotatable bonds is 25. The SMILES string of the molecule is CCCCCCCCCCCCc1c[c]([Sn]([CH3])([CH3])[CH3])sc1-c1s[c]([Sn]([CH3])([CH3])[CH3])cc1CCCCCCCCCCCC. The maximum absolute atomic E-state index is 2.70. The average molecular weight is 829 g/mol. The number of hydrogen-bond donors (Lipinski definition) is 0. The Bertz CT molecular complexity index is 879. The molecule has 0 N–H and O–H groups in total. The van der Waals surface area contributed by atoms with E-state index in [1.54, 1.807) is 26.7 Å². The molecule has 0 spiro atoms. The third kappa shape index (κ3) is 15.5. The number of hydrogen-bond acceptors (Lipinski definition) is 2. The van der Waals surface area contributed by atoms with Gasteiger partial charge in [-0.05, 0) is 0 Å². The van der Waals surface area contributed by atoms with E-state index in [0.717, 1.165) is 0 Å². The normalized spacial score (nSPS) is 12.5. The Kier molecular flexibility index (Phi) is 20.3. The Morgan fingerprint density at radius 2 is 0.667 bits per heavy atom. The molecule has 2 aromatic rings. The van der Waals surface area contributed by atoms with Crippen LogP contribution in [-0.4, -0.2) is 36.8 Å². The molecule has 0 unspecified atom stereocenters. The van der Waals surface area contributed by atoms with Crippen molar-refractivity contribution in [2.24, 2.45) is 0 Å². The quantitative estimate of drug-likeness (QED) is 0.0691. The first-order valence-corrected chi connectivity index (χ1v) is 40.0. The minimum Gasteiger partial charge on any atom is -0.0654 e. The van der Waals surface area contributed by atoms with Gasteiger partial charge in [-0.15, -0.1) is 0 Å². The fraction of sp³-hybridized carbons (Fsp3) is 0.789. The van der Waals surface area contributed by atoms with E-state index in [2.05, 4.69) is 78.3 Å². The van der Waals surface area contributed by atoms with E-state index in [1.807, 2.05) is 0 Å². The molecule has 242 valence electrons. The molecular weight excluding hydrogens is 758 g/mol. The van der Waals surface area contributed by atoms with Crippen LogP contribution < -0.4 is 5.79 Å². The van der Waals surface area contributed by atoms with Crippen LogP contribution in [0.2, 0.25) is 29.6 Å². The second-order valence-electron chi connectivity index (χ2n) is 15.3. The predicted molar refractivity (Wildman–Crippen MR) is 205 cm³/mol. The molecule has 42 heavy (non-hydrogen) atoms. The van der Waals surface area contributed by atoms with Gasteiger partial charge in [-0.2, -0.15) is 0 Å². The van der Waals surface area contributed by atoms with Gasteiger partial charge in [-0.1, -0.05) is 39.5 Å². The monoisotopic (exact) mass is 830 g/mol. The second kappa shape index (κ2) is 21.7. The fourth-order valence-corrected chi connectivity index (χ4v) is 19.2. The third-order valence-corrected chi connectivity index (χ3v) is 30.3. The molecule has 4 heteroatoms. The summed E-state index contributed by atoms with van der Waals surface area (Å²) in [6.07, 6.45) is 31.1. The van der Waals surface area contributed by atoms with Crippen molar-refractivity contribution in [2.45, 2.75) is 185 Å². The average Bonchev–Trinajstić information content (AvgIpc) is 3.55. The summed E-state index contributed by atoms with van der Waals surface area (Å²) in [5, 5.41) is 0. The molecule has 0 aliphatic heterocycles. The molecule has 0 amide bonds. The summed E-state index contributed by atoms with van der Waals surface area (Å²) in [7, 11) is 0. The zero-order valence-electron chi connectivity index (χ0n) is 29.5. The molecule has 2 rings (SSSR count). The summed E-state index contributed by atoms with van der Waals surface area (Å²) in [4.78, 5) is 19.1.